The maximum atomic E-state index is 13.0. The number of para-hydroxylation sites is 2. The van der Waals surface area contributed by atoms with Crippen LogP contribution in [0.4, 0.5) is 0 Å². The van der Waals surface area contributed by atoms with Gasteiger partial charge < -0.3 is 14.0 Å². The van der Waals surface area contributed by atoms with Gasteiger partial charge in [0.05, 0.1) is 29.0 Å². The average molecular weight is 400 g/mol. The van der Waals surface area contributed by atoms with E-state index < -0.39 is 0 Å². The number of nitrogens with zero attached hydrogens (tertiary/aromatic N) is 5. The normalized spacial score (nSPS) is 15.4. The largest absolute Gasteiger partial charge is 0.360 e. The molecule has 8 heteroatoms. The Labute approximate surface area is 168 Å². The minimum absolute atomic E-state index is 0.153. The van der Waals surface area contributed by atoms with Crippen LogP contribution in [0.3, 0.4) is 0 Å². The van der Waals surface area contributed by atoms with Crippen LogP contribution < -0.4 is 0 Å². The standard InChI is InChI=1S/C20H25N5O2S/c1-15-11-16(27-22-15)12-23-7-9-24(10-8-23)20(26)13-25-18-6-4-3-5-17(18)21-19(25)14-28-2/h3-6,11H,7-10,12-14H2,1-2H3. The maximum Gasteiger partial charge on any atom is 0.242 e. The van der Waals surface area contributed by atoms with Gasteiger partial charge in [-0.25, -0.2) is 4.98 Å². The van der Waals surface area contributed by atoms with Crippen LogP contribution in [0.5, 0.6) is 0 Å². The van der Waals surface area contributed by atoms with Gasteiger partial charge in [-0.3, -0.25) is 9.69 Å². The molecule has 1 aliphatic rings. The fraction of sp³-hybridized carbons (Fsp3) is 0.450. The van der Waals surface area contributed by atoms with Gasteiger partial charge in [0.1, 0.15) is 12.4 Å². The zero-order valence-electron chi connectivity index (χ0n) is 16.3. The summed E-state index contributed by atoms with van der Waals surface area (Å²) in [6.45, 7) is 6.16. The van der Waals surface area contributed by atoms with Crippen molar-refractivity contribution < 1.29 is 9.32 Å². The molecule has 1 fully saturated rings. The molecule has 28 heavy (non-hydrogen) atoms. The number of thioether (sulfide) groups is 1. The molecule has 0 unspecified atom stereocenters. The first kappa shape index (κ1) is 19.0. The minimum Gasteiger partial charge on any atom is -0.360 e. The number of piperazine rings is 1. The van der Waals surface area contributed by atoms with Crippen molar-refractivity contribution in [3.05, 3.63) is 47.6 Å². The molecule has 3 heterocycles. The summed E-state index contributed by atoms with van der Waals surface area (Å²) < 4.78 is 7.37. The van der Waals surface area contributed by atoms with Crippen LogP contribution in [-0.4, -0.2) is 62.8 Å². The van der Waals surface area contributed by atoms with Gasteiger partial charge >= 0.3 is 0 Å². The van der Waals surface area contributed by atoms with Crippen molar-refractivity contribution in [3.8, 4) is 0 Å². The van der Waals surface area contributed by atoms with E-state index in [1.54, 1.807) is 11.8 Å². The highest BCUT2D eigenvalue weighted by Gasteiger charge is 2.23. The number of aromatic nitrogens is 3. The van der Waals surface area contributed by atoms with Gasteiger partial charge in [-0.15, -0.1) is 0 Å². The number of aryl methyl sites for hydroxylation is 1. The summed E-state index contributed by atoms with van der Waals surface area (Å²) in [5.74, 6) is 2.79. The smallest absolute Gasteiger partial charge is 0.242 e. The Morgan fingerprint density at radius 2 is 2.00 bits per heavy atom. The maximum absolute atomic E-state index is 13.0. The van der Waals surface area contributed by atoms with Crippen molar-refractivity contribution in [2.24, 2.45) is 0 Å². The number of carbonyl (C=O) groups excluding carboxylic acids is 1. The quantitative estimate of drug-likeness (QED) is 0.635. The highest BCUT2D eigenvalue weighted by Crippen LogP contribution is 2.19. The molecule has 1 amide bonds. The van der Waals surface area contributed by atoms with Crippen molar-refractivity contribution in [2.45, 2.75) is 25.8 Å². The summed E-state index contributed by atoms with van der Waals surface area (Å²) in [5, 5.41) is 3.94. The summed E-state index contributed by atoms with van der Waals surface area (Å²) in [6.07, 6.45) is 2.06. The number of hydrogen-bond donors (Lipinski definition) is 0. The van der Waals surface area contributed by atoms with Gasteiger partial charge in [-0.05, 0) is 25.3 Å². The number of fused-ring (bicyclic) bond motifs is 1. The first-order valence-electron chi connectivity index (χ1n) is 9.49. The predicted molar refractivity (Wildman–Crippen MR) is 110 cm³/mol. The van der Waals surface area contributed by atoms with Gasteiger partial charge in [0, 0.05) is 32.2 Å². The Morgan fingerprint density at radius 1 is 1.21 bits per heavy atom. The van der Waals surface area contributed by atoms with Crippen molar-refractivity contribution >= 4 is 28.7 Å². The summed E-state index contributed by atoms with van der Waals surface area (Å²) in [4.78, 5) is 21.9. The Morgan fingerprint density at radius 3 is 2.71 bits per heavy atom. The lowest BCUT2D eigenvalue weighted by molar-refractivity contribution is -0.133. The first-order chi connectivity index (χ1) is 13.6. The van der Waals surface area contributed by atoms with E-state index in [0.29, 0.717) is 6.54 Å². The Balaban J connectivity index is 1.39. The monoisotopic (exact) mass is 399 g/mol. The fourth-order valence-corrected chi connectivity index (χ4v) is 4.12. The van der Waals surface area contributed by atoms with Crippen molar-refractivity contribution in [1.82, 2.24) is 24.5 Å². The van der Waals surface area contributed by atoms with Crippen LogP contribution in [0, 0.1) is 6.92 Å². The predicted octanol–water partition coefficient (Wildman–Crippen LogP) is 2.54. The van der Waals surface area contributed by atoms with E-state index in [0.717, 1.165) is 66.8 Å². The summed E-state index contributed by atoms with van der Waals surface area (Å²) in [7, 11) is 0. The van der Waals surface area contributed by atoms with Gasteiger partial charge in [0.2, 0.25) is 5.91 Å². The number of hydrogen-bond acceptors (Lipinski definition) is 6. The van der Waals surface area contributed by atoms with E-state index in [9.17, 15) is 4.79 Å². The van der Waals surface area contributed by atoms with Crippen molar-refractivity contribution in [1.29, 1.82) is 0 Å². The van der Waals surface area contributed by atoms with Gasteiger partial charge in [-0.2, -0.15) is 11.8 Å². The molecule has 0 spiro atoms. The van der Waals surface area contributed by atoms with E-state index in [4.69, 9.17) is 9.51 Å². The fourth-order valence-electron chi connectivity index (χ4n) is 3.64. The third-order valence-corrected chi connectivity index (χ3v) is 5.63. The van der Waals surface area contributed by atoms with Crippen LogP contribution in [-0.2, 0) is 23.6 Å². The van der Waals surface area contributed by atoms with Crippen LogP contribution in [0.1, 0.15) is 17.3 Å². The number of amides is 1. The summed E-state index contributed by atoms with van der Waals surface area (Å²) in [5.41, 5.74) is 2.88. The van der Waals surface area contributed by atoms with Crippen LogP contribution in [0.2, 0.25) is 0 Å². The summed E-state index contributed by atoms with van der Waals surface area (Å²) in [6, 6.07) is 9.99. The van der Waals surface area contributed by atoms with Gasteiger partial charge in [0.25, 0.3) is 0 Å². The molecule has 1 aliphatic heterocycles. The Kier molecular flexibility index (Phi) is 5.68. The zero-order chi connectivity index (χ0) is 19.5. The number of rotatable bonds is 6. The van der Waals surface area contributed by atoms with Gasteiger partial charge in [0.15, 0.2) is 5.76 Å². The number of carbonyl (C=O) groups is 1. The Bertz CT molecular complexity index is 959. The lowest BCUT2D eigenvalue weighted by Crippen LogP contribution is -2.49. The van der Waals surface area contributed by atoms with E-state index in [1.807, 2.05) is 42.2 Å². The molecule has 1 aromatic carbocycles. The zero-order valence-corrected chi connectivity index (χ0v) is 17.1. The molecule has 0 saturated carbocycles. The highest BCUT2D eigenvalue weighted by atomic mass is 32.2. The number of imidazole rings is 1. The van der Waals surface area contributed by atoms with E-state index in [-0.39, 0.29) is 5.91 Å². The molecule has 148 valence electrons. The second kappa shape index (κ2) is 8.36. The first-order valence-corrected chi connectivity index (χ1v) is 10.9. The highest BCUT2D eigenvalue weighted by molar-refractivity contribution is 7.97. The topological polar surface area (TPSA) is 67.4 Å². The molecule has 0 radical (unpaired) electrons. The Hall–Kier alpha value is -2.32. The molecule has 7 nitrogen and oxygen atoms in total. The molecular weight excluding hydrogens is 374 g/mol. The molecule has 3 aromatic rings. The minimum atomic E-state index is 0.153. The van der Waals surface area contributed by atoms with Crippen LogP contribution >= 0.6 is 11.8 Å². The second-order valence-electron chi connectivity index (χ2n) is 7.13. The summed E-state index contributed by atoms with van der Waals surface area (Å²) >= 11 is 1.72. The SMILES string of the molecule is CSCc1nc2ccccc2n1CC(=O)N1CCN(Cc2cc(C)no2)CC1. The van der Waals surface area contributed by atoms with Crippen LogP contribution in [0.15, 0.2) is 34.9 Å². The second-order valence-corrected chi connectivity index (χ2v) is 7.99. The van der Waals surface area contributed by atoms with Crippen molar-refractivity contribution in [3.63, 3.8) is 0 Å². The molecule has 4 rings (SSSR count). The molecule has 0 N–H and O–H groups in total. The third-order valence-electron chi connectivity index (χ3n) is 5.08. The molecule has 0 aliphatic carbocycles. The van der Waals surface area contributed by atoms with Crippen LogP contribution in [0.25, 0.3) is 11.0 Å². The molecule has 2 aromatic heterocycles. The average Bonchev–Trinajstić information content (AvgIpc) is 3.26. The third kappa shape index (κ3) is 4.07. The molecule has 1 saturated heterocycles. The molecule has 0 bridgehead atoms. The van der Waals surface area contributed by atoms with Crippen molar-refractivity contribution in [2.75, 3.05) is 32.4 Å². The van der Waals surface area contributed by atoms with E-state index >= 15 is 0 Å². The van der Waals surface area contributed by atoms with Gasteiger partial charge in [-0.1, -0.05) is 17.3 Å². The molecular formula is C20H25N5O2S. The van der Waals surface area contributed by atoms with E-state index in [2.05, 4.69) is 20.9 Å². The molecule has 0 atom stereocenters. The lowest BCUT2D eigenvalue weighted by atomic mass is 10.2. The lowest BCUT2D eigenvalue weighted by Gasteiger charge is -2.34. The van der Waals surface area contributed by atoms with E-state index in [1.165, 1.54) is 0 Å². The number of benzene rings is 1.